The fourth-order valence-corrected chi connectivity index (χ4v) is 2.40. The van der Waals surface area contributed by atoms with E-state index in [1.165, 1.54) is 5.56 Å². The Morgan fingerprint density at radius 2 is 1.94 bits per heavy atom. The van der Waals surface area contributed by atoms with E-state index in [0.29, 0.717) is 6.61 Å². The Morgan fingerprint density at radius 1 is 1.28 bits per heavy atom. The second-order valence-corrected chi connectivity index (χ2v) is 5.53. The Kier molecular flexibility index (Phi) is 4.25. The molecule has 0 bridgehead atoms. The smallest absolute Gasteiger partial charge is 0.122 e. The van der Waals surface area contributed by atoms with Crippen molar-refractivity contribution in [3.63, 3.8) is 0 Å². The van der Waals surface area contributed by atoms with Crippen molar-refractivity contribution in [1.82, 2.24) is 4.90 Å². The first kappa shape index (κ1) is 13.4. The molecule has 1 saturated heterocycles. The molecule has 0 spiro atoms. The highest BCUT2D eigenvalue weighted by Gasteiger charge is 2.29. The van der Waals surface area contributed by atoms with Crippen LogP contribution in [0, 0.1) is 6.92 Å². The normalized spacial score (nSPS) is 19.7. The number of hydrogen-bond acceptors (Lipinski definition) is 3. The molecule has 0 unspecified atom stereocenters. The molecule has 2 rings (SSSR count). The molecule has 1 aromatic rings. The van der Waals surface area contributed by atoms with Crippen molar-refractivity contribution in [1.29, 1.82) is 0 Å². The number of piperidine rings is 1. The largest absolute Gasteiger partial charge is 0.493 e. The molecule has 2 N–H and O–H groups in total. The first-order valence-electron chi connectivity index (χ1n) is 6.75. The number of para-hydroxylation sites is 1. The van der Waals surface area contributed by atoms with Crippen molar-refractivity contribution >= 4 is 0 Å². The third kappa shape index (κ3) is 3.47. The molecular formula is C15H24N2O. The number of likely N-dealkylation sites (tertiary alicyclic amines) is 1. The number of nitrogens with two attached hydrogens (primary N) is 1. The standard InChI is InChI=1S/C15H24N2O/c1-13-5-3-4-6-14(13)18-12-9-15(16)7-10-17(2)11-8-15/h3-6H,7-12,16H2,1-2H3. The SMILES string of the molecule is Cc1ccccc1OCCC1(N)CCN(C)CC1. The van der Waals surface area contributed by atoms with Gasteiger partial charge in [0.2, 0.25) is 0 Å². The number of benzene rings is 1. The van der Waals surface area contributed by atoms with Gasteiger partial charge in [0.25, 0.3) is 0 Å². The summed E-state index contributed by atoms with van der Waals surface area (Å²) < 4.78 is 5.84. The summed E-state index contributed by atoms with van der Waals surface area (Å²) in [7, 11) is 2.16. The van der Waals surface area contributed by atoms with E-state index in [0.717, 1.165) is 38.1 Å². The molecule has 3 nitrogen and oxygen atoms in total. The first-order valence-corrected chi connectivity index (χ1v) is 6.75. The summed E-state index contributed by atoms with van der Waals surface area (Å²) in [6.07, 6.45) is 3.08. The van der Waals surface area contributed by atoms with Crippen molar-refractivity contribution in [2.75, 3.05) is 26.7 Å². The lowest BCUT2D eigenvalue weighted by molar-refractivity contribution is 0.159. The van der Waals surface area contributed by atoms with Gasteiger partial charge in [-0.05, 0) is 58.0 Å². The molecule has 1 fully saturated rings. The summed E-state index contributed by atoms with van der Waals surface area (Å²) in [6.45, 7) is 4.98. The van der Waals surface area contributed by atoms with Crippen LogP contribution < -0.4 is 10.5 Å². The minimum absolute atomic E-state index is 0.0325. The van der Waals surface area contributed by atoms with Crippen LogP contribution in [0.1, 0.15) is 24.8 Å². The van der Waals surface area contributed by atoms with E-state index in [9.17, 15) is 0 Å². The van der Waals surface area contributed by atoms with E-state index in [-0.39, 0.29) is 5.54 Å². The van der Waals surface area contributed by atoms with Crippen molar-refractivity contribution in [2.24, 2.45) is 5.73 Å². The van der Waals surface area contributed by atoms with Gasteiger partial charge in [0.1, 0.15) is 5.75 Å². The second kappa shape index (κ2) is 5.72. The molecule has 0 atom stereocenters. The highest BCUT2D eigenvalue weighted by Crippen LogP contribution is 2.23. The Hall–Kier alpha value is -1.06. The van der Waals surface area contributed by atoms with Gasteiger partial charge < -0.3 is 15.4 Å². The van der Waals surface area contributed by atoms with Gasteiger partial charge in [-0.25, -0.2) is 0 Å². The second-order valence-electron chi connectivity index (χ2n) is 5.53. The Bertz CT molecular complexity index is 384. The average molecular weight is 248 g/mol. The van der Waals surface area contributed by atoms with Gasteiger partial charge in [0, 0.05) is 5.54 Å². The molecule has 1 aromatic carbocycles. The van der Waals surface area contributed by atoms with Gasteiger partial charge in [-0.1, -0.05) is 18.2 Å². The van der Waals surface area contributed by atoms with E-state index < -0.39 is 0 Å². The lowest BCUT2D eigenvalue weighted by Gasteiger charge is -2.37. The lowest BCUT2D eigenvalue weighted by atomic mass is 9.86. The molecule has 0 radical (unpaired) electrons. The minimum atomic E-state index is -0.0325. The fraction of sp³-hybridized carbons (Fsp3) is 0.600. The third-order valence-electron chi connectivity index (χ3n) is 3.93. The van der Waals surface area contributed by atoms with Crippen LogP contribution in [-0.4, -0.2) is 37.2 Å². The summed E-state index contributed by atoms with van der Waals surface area (Å²) in [5.74, 6) is 0.981. The van der Waals surface area contributed by atoms with Crippen molar-refractivity contribution in [2.45, 2.75) is 31.7 Å². The predicted octanol–water partition coefficient (Wildman–Crippen LogP) is 2.19. The van der Waals surface area contributed by atoms with Crippen LogP contribution in [0.5, 0.6) is 5.75 Å². The number of hydrogen-bond donors (Lipinski definition) is 1. The summed E-state index contributed by atoms with van der Waals surface area (Å²) in [6, 6.07) is 8.13. The van der Waals surface area contributed by atoms with Crippen LogP contribution in [0.25, 0.3) is 0 Å². The zero-order valence-corrected chi connectivity index (χ0v) is 11.5. The Morgan fingerprint density at radius 3 is 2.61 bits per heavy atom. The van der Waals surface area contributed by atoms with Crippen molar-refractivity contribution < 1.29 is 4.74 Å². The molecule has 1 aliphatic heterocycles. The third-order valence-corrected chi connectivity index (χ3v) is 3.93. The van der Waals surface area contributed by atoms with E-state index in [1.54, 1.807) is 0 Å². The van der Waals surface area contributed by atoms with Gasteiger partial charge in [0.05, 0.1) is 6.61 Å². The molecule has 18 heavy (non-hydrogen) atoms. The molecule has 1 heterocycles. The molecule has 0 aliphatic carbocycles. The molecule has 3 heteroatoms. The van der Waals surface area contributed by atoms with Gasteiger partial charge >= 0.3 is 0 Å². The minimum Gasteiger partial charge on any atom is -0.493 e. The number of ether oxygens (including phenoxy) is 1. The number of rotatable bonds is 4. The van der Waals surface area contributed by atoms with Crippen LogP contribution in [0.4, 0.5) is 0 Å². The maximum atomic E-state index is 6.42. The van der Waals surface area contributed by atoms with Gasteiger partial charge in [-0.3, -0.25) is 0 Å². The van der Waals surface area contributed by atoms with Gasteiger partial charge in [0.15, 0.2) is 0 Å². The van der Waals surface area contributed by atoms with E-state index in [4.69, 9.17) is 10.5 Å². The van der Waals surface area contributed by atoms with Crippen LogP contribution >= 0.6 is 0 Å². The summed E-state index contributed by atoms with van der Waals surface area (Å²) in [4.78, 5) is 2.34. The van der Waals surface area contributed by atoms with Crippen LogP contribution in [0.15, 0.2) is 24.3 Å². The fourth-order valence-electron chi connectivity index (χ4n) is 2.40. The van der Waals surface area contributed by atoms with Crippen LogP contribution in [0.3, 0.4) is 0 Å². The van der Waals surface area contributed by atoms with Gasteiger partial charge in [-0.2, -0.15) is 0 Å². The van der Waals surface area contributed by atoms with Gasteiger partial charge in [-0.15, -0.1) is 0 Å². The molecule has 1 aliphatic rings. The van der Waals surface area contributed by atoms with Crippen molar-refractivity contribution in [3.8, 4) is 5.75 Å². The van der Waals surface area contributed by atoms with Crippen LogP contribution in [-0.2, 0) is 0 Å². The maximum Gasteiger partial charge on any atom is 0.122 e. The van der Waals surface area contributed by atoms with Crippen molar-refractivity contribution in [3.05, 3.63) is 29.8 Å². The topological polar surface area (TPSA) is 38.5 Å². The molecule has 100 valence electrons. The van der Waals surface area contributed by atoms with Crippen LogP contribution in [0.2, 0.25) is 0 Å². The Balaban J connectivity index is 1.80. The molecule has 0 aromatic heterocycles. The number of nitrogens with zero attached hydrogens (tertiary/aromatic N) is 1. The average Bonchev–Trinajstić information content (AvgIpc) is 2.36. The quantitative estimate of drug-likeness (QED) is 0.887. The first-order chi connectivity index (χ1) is 8.59. The number of aryl methyl sites for hydroxylation is 1. The zero-order valence-electron chi connectivity index (χ0n) is 11.5. The lowest BCUT2D eigenvalue weighted by Crippen LogP contribution is -2.50. The highest BCUT2D eigenvalue weighted by molar-refractivity contribution is 5.31. The summed E-state index contributed by atoms with van der Waals surface area (Å²) >= 11 is 0. The molecule has 0 saturated carbocycles. The summed E-state index contributed by atoms with van der Waals surface area (Å²) in [5.41, 5.74) is 7.57. The van der Waals surface area contributed by atoms with E-state index in [1.807, 2.05) is 18.2 Å². The Labute approximate surface area is 110 Å². The molecular weight excluding hydrogens is 224 g/mol. The maximum absolute atomic E-state index is 6.42. The monoisotopic (exact) mass is 248 g/mol. The zero-order chi connectivity index (χ0) is 13.0. The molecule has 0 amide bonds. The summed E-state index contributed by atoms with van der Waals surface area (Å²) in [5, 5.41) is 0. The van der Waals surface area contributed by atoms with E-state index >= 15 is 0 Å². The highest BCUT2D eigenvalue weighted by atomic mass is 16.5. The predicted molar refractivity (Wildman–Crippen MR) is 74.9 cm³/mol. The van der Waals surface area contributed by atoms with E-state index in [2.05, 4.69) is 24.9 Å².